The van der Waals surface area contributed by atoms with Crippen molar-refractivity contribution in [2.75, 3.05) is 14.2 Å². The van der Waals surface area contributed by atoms with Crippen molar-refractivity contribution < 1.29 is 23.8 Å². The fourth-order valence-electron chi connectivity index (χ4n) is 2.94. The van der Waals surface area contributed by atoms with Gasteiger partial charge in [-0.1, -0.05) is 31.2 Å². The molecule has 0 aliphatic heterocycles. The van der Waals surface area contributed by atoms with Crippen LogP contribution in [0.25, 0.3) is 10.9 Å². The van der Waals surface area contributed by atoms with Gasteiger partial charge >= 0.3 is 5.97 Å². The molecular formula is C21H21NO5. The van der Waals surface area contributed by atoms with Crippen LogP contribution in [0.15, 0.2) is 54.7 Å². The molecule has 0 saturated heterocycles. The van der Waals surface area contributed by atoms with E-state index in [4.69, 9.17) is 14.2 Å². The molecule has 0 aliphatic rings. The Hall–Kier alpha value is -3.28. The van der Waals surface area contributed by atoms with Gasteiger partial charge in [0.25, 0.3) is 5.91 Å². The van der Waals surface area contributed by atoms with Crippen LogP contribution in [0.3, 0.4) is 0 Å². The van der Waals surface area contributed by atoms with E-state index in [-0.39, 0.29) is 5.91 Å². The Morgan fingerprint density at radius 2 is 1.78 bits per heavy atom. The molecule has 0 fully saturated rings. The van der Waals surface area contributed by atoms with Gasteiger partial charge in [0.05, 0.1) is 25.3 Å². The first-order valence-electron chi connectivity index (χ1n) is 8.62. The number of rotatable bonds is 6. The number of fused-ring (bicyclic) bond motifs is 1. The van der Waals surface area contributed by atoms with Gasteiger partial charge in [-0.2, -0.15) is 0 Å². The van der Waals surface area contributed by atoms with Crippen molar-refractivity contribution in [1.29, 1.82) is 0 Å². The van der Waals surface area contributed by atoms with Crippen molar-refractivity contribution in [1.82, 2.24) is 4.57 Å². The maximum absolute atomic E-state index is 13.1. The zero-order chi connectivity index (χ0) is 19.4. The third-order valence-corrected chi connectivity index (χ3v) is 4.32. The van der Waals surface area contributed by atoms with Gasteiger partial charge in [-0.3, -0.25) is 9.36 Å². The molecule has 1 aromatic heterocycles. The second kappa shape index (κ2) is 7.95. The fourth-order valence-corrected chi connectivity index (χ4v) is 2.94. The van der Waals surface area contributed by atoms with E-state index >= 15 is 0 Å². The van der Waals surface area contributed by atoms with Crippen LogP contribution < -0.4 is 9.47 Å². The van der Waals surface area contributed by atoms with Gasteiger partial charge < -0.3 is 14.2 Å². The predicted octanol–water partition coefficient (Wildman–Crippen LogP) is 3.93. The molecule has 6 nitrogen and oxygen atoms in total. The Bertz CT molecular complexity index is 976. The highest BCUT2D eigenvalue weighted by Gasteiger charge is 2.25. The Labute approximate surface area is 157 Å². The summed E-state index contributed by atoms with van der Waals surface area (Å²) >= 11 is 0. The van der Waals surface area contributed by atoms with Gasteiger partial charge in [-0.05, 0) is 24.6 Å². The molecular weight excluding hydrogens is 346 g/mol. The van der Waals surface area contributed by atoms with Crippen molar-refractivity contribution in [2.45, 2.75) is 19.4 Å². The molecule has 1 heterocycles. The lowest BCUT2D eigenvalue weighted by atomic mass is 10.2. The number of benzene rings is 2. The van der Waals surface area contributed by atoms with Crippen LogP contribution in [0.4, 0.5) is 0 Å². The second-order valence-electron chi connectivity index (χ2n) is 5.95. The van der Waals surface area contributed by atoms with Crippen molar-refractivity contribution >= 4 is 22.8 Å². The highest BCUT2D eigenvalue weighted by atomic mass is 16.5. The number of aromatic nitrogens is 1. The van der Waals surface area contributed by atoms with E-state index in [1.165, 1.54) is 17.9 Å². The molecule has 2 aromatic carbocycles. The van der Waals surface area contributed by atoms with E-state index in [1.807, 2.05) is 19.1 Å². The smallest absolute Gasteiger partial charge is 0.340 e. The maximum atomic E-state index is 13.1. The molecule has 140 valence electrons. The van der Waals surface area contributed by atoms with E-state index in [0.29, 0.717) is 34.4 Å². The Kier molecular flexibility index (Phi) is 5.45. The Morgan fingerprint density at radius 1 is 1.04 bits per heavy atom. The molecule has 0 aliphatic carbocycles. The molecule has 27 heavy (non-hydrogen) atoms. The Morgan fingerprint density at radius 3 is 2.48 bits per heavy atom. The fraction of sp³-hybridized carbons (Fsp3) is 0.238. The van der Waals surface area contributed by atoms with Crippen LogP contribution in [-0.2, 0) is 4.74 Å². The first-order valence-corrected chi connectivity index (χ1v) is 8.62. The lowest BCUT2D eigenvalue weighted by Crippen LogP contribution is -2.31. The lowest BCUT2D eigenvalue weighted by Gasteiger charge is -2.17. The van der Waals surface area contributed by atoms with Crippen molar-refractivity contribution in [2.24, 2.45) is 0 Å². The third kappa shape index (κ3) is 3.65. The zero-order valence-electron chi connectivity index (χ0n) is 15.5. The normalized spacial score (nSPS) is 11.8. The first kappa shape index (κ1) is 18.5. The quantitative estimate of drug-likeness (QED) is 0.618. The highest BCUT2D eigenvalue weighted by Crippen LogP contribution is 2.25. The van der Waals surface area contributed by atoms with Crippen molar-refractivity contribution in [3.63, 3.8) is 0 Å². The average Bonchev–Trinajstić information content (AvgIpc) is 3.10. The predicted molar refractivity (Wildman–Crippen MR) is 102 cm³/mol. The van der Waals surface area contributed by atoms with E-state index < -0.39 is 12.1 Å². The Balaban J connectivity index is 1.96. The third-order valence-electron chi connectivity index (χ3n) is 4.32. The largest absolute Gasteiger partial charge is 0.497 e. The number of methoxy groups -OCH3 is 2. The van der Waals surface area contributed by atoms with Gasteiger partial charge in [-0.25, -0.2) is 4.79 Å². The van der Waals surface area contributed by atoms with E-state index in [9.17, 15) is 9.59 Å². The number of carbonyl (C=O) groups is 2. The van der Waals surface area contributed by atoms with E-state index in [2.05, 4.69) is 0 Å². The molecule has 3 rings (SSSR count). The lowest BCUT2D eigenvalue weighted by molar-refractivity contribution is 0.0602. The molecule has 3 aromatic rings. The molecule has 0 N–H and O–H groups in total. The van der Waals surface area contributed by atoms with Crippen molar-refractivity contribution in [3.05, 3.63) is 60.3 Å². The van der Waals surface area contributed by atoms with Crippen LogP contribution in [0, 0.1) is 0 Å². The van der Waals surface area contributed by atoms with Crippen LogP contribution in [-0.4, -0.2) is 36.8 Å². The molecule has 0 saturated carbocycles. The van der Waals surface area contributed by atoms with Crippen LogP contribution in [0.1, 0.15) is 28.5 Å². The van der Waals surface area contributed by atoms with E-state index in [0.717, 1.165) is 0 Å². The summed E-state index contributed by atoms with van der Waals surface area (Å²) in [5.74, 6) is 0.444. The molecule has 0 spiro atoms. The van der Waals surface area contributed by atoms with Gasteiger partial charge in [0.2, 0.25) is 0 Å². The topological polar surface area (TPSA) is 66.8 Å². The number of hydrogen-bond donors (Lipinski definition) is 0. The number of hydrogen-bond acceptors (Lipinski definition) is 5. The number of para-hydroxylation sites is 1. The van der Waals surface area contributed by atoms with Crippen LogP contribution >= 0.6 is 0 Å². The average molecular weight is 367 g/mol. The van der Waals surface area contributed by atoms with Gasteiger partial charge in [-0.15, -0.1) is 0 Å². The zero-order valence-corrected chi connectivity index (χ0v) is 15.5. The minimum Gasteiger partial charge on any atom is -0.497 e. The molecule has 6 heteroatoms. The second-order valence-corrected chi connectivity index (χ2v) is 5.95. The molecule has 1 unspecified atom stereocenters. The van der Waals surface area contributed by atoms with Crippen LogP contribution in [0.2, 0.25) is 0 Å². The SMILES string of the molecule is CCC(Oc1cccc(OC)c1)C(=O)n1cc(C(=O)OC)c2ccccc21. The first-order chi connectivity index (χ1) is 13.1. The molecule has 0 bridgehead atoms. The van der Waals surface area contributed by atoms with Gasteiger partial charge in [0.1, 0.15) is 11.5 Å². The highest BCUT2D eigenvalue weighted by molar-refractivity contribution is 6.07. The summed E-state index contributed by atoms with van der Waals surface area (Å²) in [5, 5.41) is 0.661. The number of ether oxygens (including phenoxy) is 3. The minimum absolute atomic E-state index is 0.258. The molecule has 0 amide bonds. The van der Waals surface area contributed by atoms with Gasteiger partial charge in [0.15, 0.2) is 6.10 Å². The summed E-state index contributed by atoms with van der Waals surface area (Å²) in [7, 11) is 2.89. The summed E-state index contributed by atoms with van der Waals surface area (Å²) < 4.78 is 17.4. The number of nitrogens with zero attached hydrogens (tertiary/aromatic N) is 1. The summed E-state index contributed by atoms with van der Waals surface area (Å²) in [6.45, 7) is 1.87. The standard InChI is InChI=1S/C21H21NO5/c1-4-19(27-15-9-7-8-14(12-15)25-2)20(23)22-13-17(21(24)26-3)16-10-5-6-11-18(16)22/h5-13,19H,4H2,1-3H3. The van der Waals surface area contributed by atoms with Crippen molar-refractivity contribution in [3.8, 4) is 11.5 Å². The summed E-state index contributed by atoms with van der Waals surface area (Å²) in [6.07, 6.45) is 1.27. The summed E-state index contributed by atoms with van der Waals surface area (Å²) in [5.41, 5.74) is 0.980. The maximum Gasteiger partial charge on any atom is 0.340 e. The summed E-state index contributed by atoms with van der Waals surface area (Å²) in [6, 6.07) is 14.3. The number of esters is 1. The molecule has 1 atom stereocenters. The molecule has 0 radical (unpaired) electrons. The minimum atomic E-state index is -0.710. The van der Waals surface area contributed by atoms with E-state index in [1.54, 1.807) is 43.5 Å². The van der Waals surface area contributed by atoms with Gasteiger partial charge in [0, 0.05) is 17.6 Å². The number of carbonyl (C=O) groups excluding carboxylic acids is 2. The van der Waals surface area contributed by atoms with Crippen LogP contribution in [0.5, 0.6) is 11.5 Å². The monoisotopic (exact) mass is 367 g/mol. The summed E-state index contributed by atoms with van der Waals surface area (Å²) in [4.78, 5) is 25.2.